The van der Waals surface area contributed by atoms with Crippen molar-refractivity contribution in [2.75, 3.05) is 11.1 Å². The molecule has 1 aliphatic rings. The number of aliphatic hydroxyl groups is 1. The highest BCUT2D eigenvalue weighted by molar-refractivity contribution is 6.29. The van der Waals surface area contributed by atoms with Crippen molar-refractivity contribution in [3.05, 3.63) is 11.2 Å². The van der Waals surface area contributed by atoms with Gasteiger partial charge in [-0.1, -0.05) is 24.4 Å². The topological polar surface area (TPSA) is 84.1 Å². The lowest BCUT2D eigenvalue weighted by Gasteiger charge is -2.28. The predicted octanol–water partition coefficient (Wildman–Crippen LogP) is 1.43. The number of aromatic nitrogens is 2. The third-order valence-corrected chi connectivity index (χ3v) is 2.97. The van der Waals surface area contributed by atoms with Crippen LogP contribution in [-0.2, 0) is 0 Å². The Balaban J connectivity index is 2.07. The molecule has 4 N–H and O–H groups in total. The predicted molar refractivity (Wildman–Crippen MR) is 63.3 cm³/mol. The summed E-state index contributed by atoms with van der Waals surface area (Å²) < 4.78 is 0. The minimum atomic E-state index is -0.330. The second kappa shape index (κ2) is 4.84. The summed E-state index contributed by atoms with van der Waals surface area (Å²) in [4.78, 5) is 7.80. The first-order valence-electron chi connectivity index (χ1n) is 5.40. The number of anilines is 2. The minimum Gasteiger partial charge on any atom is -0.391 e. The van der Waals surface area contributed by atoms with Gasteiger partial charge in [-0.25, -0.2) is 4.98 Å². The number of nitrogen functional groups attached to an aromatic ring is 1. The Kier molecular flexibility index (Phi) is 3.46. The summed E-state index contributed by atoms with van der Waals surface area (Å²) in [6, 6.07) is 1.64. The minimum absolute atomic E-state index is 0.0270. The van der Waals surface area contributed by atoms with Crippen molar-refractivity contribution in [2.24, 2.45) is 0 Å². The largest absolute Gasteiger partial charge is 0.391 e. The third kappa shape index (κ3) is 2.74. The van der Waals surface area contributed by atoms with Crippen LogP contribution >= 0.6 is 11.6 Å². The molecule has 0 saturated heterocycles. The molecule has 5 nitrogen and oxygen atoms in total. The summed E-state index contributed by atoms with van der Waals surface area (Å²) in [6.07, 6.45) is 3.62. The molecule has 0 amide bonds. The number of nitrogens with two attached hydrogens (primary N) is 1. The number of hydrogen-bond donors (Lipinski definition) is 3. The van der Waals surface area contributed by atoms with Gasteiger partial charge in [0, 0.05) is 6.07 Å². The number of rotatable bonds is 2. The lowest BCUT2D eigenvalue weighted by Crippen LogP contribution is -2.36. The number of halogens is 1. The molecule has 0 aliphatic heterocycles. The molecule has 2 rings (SSSR count). The molecule has 1 heterocycles. The number of aliphatic hydroxyl groups excluding tert-OH is 1. The van der Waals surface area contributed by atoms with Crippen LogP contribution in [0.4, 0.5) is 11.8 Å². The van der Waals surface area contributed by atoms with Crippen molar-refractivity contribution in [1.82, 2.24) is 9.97 Å². The van der Waals surface area contributed by atoms with Crippen LogP contribution in [0, 0.1) is 0 Å². The van der Waals surface area contributed by atoms with Crippen molar-refractivity contribution >= 4 is 23.4 Å². The van der Waals surface area contributed by atoms with Crippen LogP contribution in [0.15, 0.2) is 6.07 Å². The molecule has 1 aliphatic carbocycles. The van der Waals surface area contributed by atoms with Gasteiger partial charge in [0.05, 0.1) is 12.1 Å². The molecule has 88 valence electrons. The highest BCUT2D eigenvalue weighted by Gasteiger charge is 2.23. The third-order valence-electron chi connectivity index (χ3n) is 2.77. The van der Waals surface area contributed by atoms with E-state index < -0.39 is 0 Å². The molecule has 6 heteroatoms. The van der Waals surface area contributed by atoms with E-state index in [2.05, 4.69) is 15.3 Å². The Bertz CT molecular complexity index is 354. The smallest absolute Gasteiger partial charge is 0.223 e. The van der Waals surface area contributed by atoms with Crippen LogP contribution in [0.5, 0.6) is 0 Å². The van der Waals surface area contributed by atoms with Gasteiger partial charge >= 0.3 is 0 Å². The summed E-state index contributed by atoms with van der Waals surface area (Å²) >= 11 is 5.77. The SMILES string of the molecule is Nc1nc(Cl)cc(NC2CCCCC2O)n1. The first-order valence-corrected chi connectivity index (χ1v) is 5.77. The van der Waals surface area contributed by atoms with Crippen molar-refractivity contribution in [3.63, 3.8) is 0 Å². The molecule has 2 unspecified atom stereocenters. The van der Waals surface area contributed by atoms with Gasteiger partial charge in [0.2, 0.25) is 5.95 Å². The standard InChI is InChI=1S/C10H15ClN4O/c11-8-5-9(15-10(12)14-8)13-6-3-1-2-4-7(6)16/h5-7,16H,1-4H2,(H3,12,13,14,15). The van der Waals surface area contributed by atoms with Crippen LogP contribution in [0.25, 0.3) is 0 Å². The summed E-state index contributed by atoms with van der Waals surface area (Å²) in [5.41, 5.74) is 5.49. The first-order chi connectivity index (χ1) is 7.65. The maximum atomic E-state index is 9.80. The Morgan fingerprint density at radius 1 is 1.38 bits per heavy atom. The highest BCUT2D eigenvalue weighted by atomic mass is 35.5. The zero-order chi connectivity index (χ0) is 11.5. The summed E-state index contributed by atoms with van der Waals surface area (Å²) in [7, 11) is 0. The van der Waals surface area contributed by atoms with E-state index in [1.165, 1.54) is 0 Å². The fourth-order valence-corrected chi connectivity index (χ4v) is 2.17. The molecule has 1 aromatic heterocycles. The summed E-state index contributed by atoms with van der Waals surface area (Å²) in [5, 5.41) is 13.3. The molecule has 16 heavy (non-hydrogen) atoms. The van der Waals surface area contributed by atoms with E-state index in [1.54, 1.807) is 6.07 Å². The Morgan fingerprint density at radius 3 is 2.81 bits per heavy atom. The van der Waals surface area contributed by atoms with Gasteiger partial charge < -0.3 is 16.2 Å². The maximum Gasteiger partial charge on any atom is 0.223 e. The summed E-state index contributed by atoms with van der Waals surface area (Å²) in [5.74, 6) is 0.712. The van der Waals surface area contributed by atoms with Crippen LogP contribution in [-0.4, -0.2) is 27.2 Å². The van der Waals surface area contributed by atoms with Crippen molar-refractivity contribution in [2.45, 2.75) is 37.8 Å². The normalized spacial score (nSPS) is 25.4. The van der Waals surface area contributed by atoms with Crippen molar-refractivity contribution in [3.8, 4) is 0 Å². The Morgan fingerprint density at radius 2 is 2.12 bits per heavy atom. The van der Waals surface area contributed by atoms with Crippen LogP contribution in [0.3, 0.4) is 0 Å². The number of nitrogens with zero attached hydrogens (tertiary/aromatic N) is 2. The molecule has 0 bridgehead atoms. The van der Waals surface area contributed by atoms with E-state index in [9.17, 15) is 5.11 Å². The Labute approximate surface area is 99.0 Å². The fraction of sp³-hybridized carbons (Fsp3) is 0.600. The van der Waals surface area contributed by atoms with E-state index in [0.29, 0.717) is 11.0 Å². The first kappa shape index (κ1) is 11.4. The maximum absolute atomic E-state index is 9.80. The molecule has 0 aromatic carbocycles. The molecule has 2 atom stereocenters. The second-order valence-electron chi connectivity index (χ2n) is 4.04. The van der Waals surface area contributed by atoms with Gasteiger partial charge in [-0.15, -0.1) is 0 Å². The molecule has 1 aromatic rings. The fourth-order valence-electron chi connectivity index (χ4n) is 1.98. The van der Waals surface area contributed by atoms with E-state index >= 15 is 0 Å². The zero-order valence-corrected chi connectivity index (χ0v) is 9.61. The molecular formula is C10H15ClN4O. The van der Waals surface area contributed by atoms with Crippen LogP contribution < -0.4 is 11.1 Å². The van der Waals surface area contributed by atoms with Gasteiger partial charge in [-0.3, -0.25) is 0 Å². The quantitative estimate of drug-likeness (QED) is 0.684. The van der Waals surface area contributed by atoms with Gasteiger partial charge in [0.25, 0.3) is 0 Å². The van der Waals surface area contributed by atoms with E-state index in [1.807, 2.05) is 0 Å². The molecular weight excluding hydrogens is 228 g/mol. The van der Waals surface area contributed by atoms with Gasteiger partial charge in [0.15, 0.2) is 0 Å². The summed E-state index contributed by atoms with van der Waals surface area (Å²) in [6.45, 7) is 0. The average Bonchev–Trinajstić information content (AvgIpc) is 2.20. The number of nitrogens with one attached hydrogen (secondary N) is 1. The lowest BCUT2D eigenvalue weighted by molar-refractivity contribution is 0.116. The van der Waals surface area contributed by atoms with Crippen LogP contribution in [0.1, 0.15) is 25.7 Å². The van der Waals surface area contributed by atoms with E-state index in [4.69, 9.17) is 17.3 Å². The molecule has 0 radical (unpaired) electrons. The molecule has 1 saturated carbocycles. The van der Waals surface area contributed by atoms with E-state index in [-0.39, 0.29) is 18.1 Å². The van der Waals surface area contributed by atoms with E-state index in [0.717, 1.165) is 25.7 Å². The van der Waals surface area contributed by atoms with Gasteiger partial charge in [0.1, 0.15) is 11.0 Å². The molecule has 1 fully saturated rings. The lowest BCUT2D eigenvalue weighted by atomic mass is 9.93. The van der Waals surface area contributed by atoms with Crippen molar-refractivity contribution < 1.29 is 5.11 Å². The zero-order valence-electron chi connectivity index (χ0n) is 8.86. The number of hydrogen-bond acceptors (Lipinski definition) is 5. The molecule has 0 spiro atoms. The van der Waals surface area contributed by atoms with Gasteiger partial charge in [-0.2, -0.15) is 4.98 Å². The van der Waals surface area contributed by atoms with Crippen LogP contribution in [0.2, 0.25) is 5.15 Å². The highest BCUT2D eigenvalue weighted by Crippen LogP contribution is 2.22. The average molecular weight is 243 g/mol. The second-order valence-corrected chi connectivity index (χ2v) is 4.42. The monoisotopic (exact) mass is 242 g/mol. The van der Waals surface area contributed by atoms with Crippen molar-refractivity contribution in [1.29, 1.82) is 0 Å². The van der Waals surface area contributed by atoms with Gasteiger partial charge in [-0.05, 0) is 12.8 Å². The Hall–Kier alpha value is -1.07.